The highest BCUT2D eigenvalue weighted by molar-refractivity contribution is 7.48. The van der Waals surface area contributed by atoms with E-state index in [0.717, 1.165) is 12.7 Å². The van der Waals surface area contributed by atoms with E-state index < -0.39 is 56.1 Å². The van der Waals surface area contributed by atoms with Crippen LogP contribution >= 0.6 is 7.82 Å². The number of phosphoric ester groups is 1. The Morgan fingerprint density at radius 2 is 1.91 bits per heavy atom. The number of fused-ring (bicyclic) bond motifs is 3. The Morgan fingerprint density at radius 1 is 1.15 bits per heavy atom. The zero-order chi connectivity index (χ0) is 37.8. The average molecular weight is 765 g/mol. The van der Waals surface area contributed by atoms with Gasteiger partial charge in [-0.25, -0.2) is 33.9 Å². The Hall–Kier alpha value is -5.00. The SMILES string of the molecule is C[C@H]1[C@H](n2cnc3c(NC(=O)c4ccccc4)ncnc32)[C@H]2C[C@]2(COP(=O)(OCCC#N)O[C@H]2[C@@H](F)[C@H](n3cnc4c(=O)[nH]cnc43)O[C@@H]2CO)[C@H]1O. The van der Waals surface area contributed by atoms with Crippen LogP contribution in [0.2, 0.25) is 0 Å². The van der Waals surface area contributed by atoms with Crippen LogP contribution in [0.1, 0.15) is 42.4 Å². The fourth-order valence-corrected chi connectivity index (χ4v) is 9.21. The molecule has 3 fully saturated rings. The molecule has 1 aromatic carbocycles. The van der Waals surface area contributed by atoms with Crippen molar-refractivity contribution < 1.29 is 42.3 Å². The van der Waals surface area contributed by atoms with Crippen molar-refractivity contribution in [3.63, 3.8) is 0 Å². The number of nitrogens with zero attached hydrogens (tertiary/aromatic N) is 8. The first-order valence-corrected chi connectivity index (χ1v) is 18.5. The molecule has 1 amide bonds. The van der Waals surface area contributed by atoms with Crippen molar-refractivity contribution >= 4 is 41.9 Å². The number of nitriles is 1. The van der Waals surface area contributed by atoms with Crippen LogP contribution in [-0.2, 0) is 22.9 Å². The van der Waals surface area contributed by atoms with Crippen LogP contribution < -0.4 is 10.9 Å². The van der Waals surface area contributed by atoms with Gasteiger partial charge in [-0.1, -0.05) is 25.1 Å². The number of benzene rings is 1. The number of ether oxygens (including phenoxy) is 1. The molecule has 1 aliphatic heterocycles. The second-order valence-electron chi connectivity index (χ2n) is 13.5. The summed E-state index contributed by atoms with van der Waals surface area (Å²) >= 11 is 0. The van der Waals surface area contributed by atoms with Gasteiger partial charge in [0.15, 0.2) is 40.5 Å². The molecule has 0 radical (unpaired) electrons. The van der Waals surface area contributed by atoms with Gasteiger partial charge in [-0.3, -0.25) is 27.7 Å². The number of imidazole rings is 2. The predicted octanol–water partition coefficient (Wildman–Crippen LogP) is 2.44. The van der Waals surface area contributed by atoms with E-state index in [9.17, 15) is 24.4 Å². The summed E-state index contributed by atoms with van der Waals surface area (Å²) < 4.78 is 56.1. The van der Waals surface area contributed by atoms with E-state index in [1.165, 1.54) is 10.9 Å². The highest BCUT2D eigenvalue weighted by Gasteiger charge is 2.71. The number of rotatable bonds is 13. The van der Waals surface area contributed by atoms with Crippen LogP contribution in [0.15, 0.2) is 60.4 Å². The highest BCUT2D eigenvalue weighted by Crippen LogP contribution is 2.71. The van der Waals surface area contributed by atoms with E-state index in [0.29, 0.717) is 23.1 Å². The average Bonchev–Trinajstić information content (AvgIpc) is 3.44. The number of halogens is 1. The van der Waals surface area contributed by atoms with E-state index >= 15 is 4.39 Å². The van der Waals surface area contributed by atoms with E-state index in [1.54, 1.807) is 36.7 Å². The first-order chi connectivity index (χ1) is 26.1. The Kier molecular flexibility index (Phi) is 9.34. The van der Waals surface area contributed by atoms with Crippen molar-refractivity contribution in [3.05, 3.63) is 71.6 Å². The van der Waals surface area contributed by atoms with Crippen molar-refractivity contribution in [3.8, 4) is 6.07 Å². The van der Waals surface area contributed by atoms with Gasteiger partial charge in [-0.2, -0.15) is 5.26 Å². The van der Waals surface area contributed by atoms with Gasteiger partial charge in [-0.15, -0.1) is 0 Å². The molecule has 4 N–H and O–H groups in total. The van der Waals surface area contributed by atoms with Gasteiger partial charge in [-0.05, 0) is 24.5 Å². The number of phosphoric acid groups is 1. The third-order valence-electron chi connectivity index (χ3n) is 10.5. The molecule has 1 saturated heterocycles. The molecule has 8 rings (SSSR count). The lowest BCUT2D eigenvalue weighted by molar-refractivity contribution is -0.0486. The van der Waals surface area contributed by atoms with Crippen LogP contribution in [0.25, 0.3) is 22.3 Å². The summed E-state index contributed by atoms with van der Waals surface area (Å²) in [6.45, 7) is 0.405. The third-order valence-corrected chi connectivity index (χ3v) is 11.9. The number of nitrogens with one attached hydrogen (secondary N) is 2. The highest BCUT2D eigenvalue weighted by atomic mass is 31.2. The maximum absolute atomic E-state index is 16.2. The number of aliphatic hydroxyl groups excluding tert-OH is 2. The summed E-state index contributed by atoms with van der Waals surface area (Å²) in [5.74, 6) is -0.739. The summed E-state index contributed by atoms with van der Waals surface area (Å²) in [6.07, 6.45) is -2.14. The fraction of sp³-hybridized carbons (Fsp3) is 0.455. The molecule has 54 heavy (non-hydrogen) atoms. The molecule has 0 bridgehead atoms. The minimum Gasteiger partial charge on any atom is -0.394 e. The van der Waals surface area contributed by atoms with Gasteiger partial charge in [0.05, 0.1) is 57.4 Å². The number of aliphatic hydroxyl groups is 2. The molecule has 4 aromatic heterocycles. The normalized spacial score (nSPS) is 29.9. The Bertz CT molecular complexity index is 2350. The van der Waals surface area contributed by atoms with Gasteiger partial charge < -0.3 is 29.8 Å². The first kappa shape index (κ1) is 36.0. The van der Waals surface area contributed by atoms with Crippen LogP contribution in [0.4, 0.5) is 10.2 Å². The number of hydrogen-bond donors (Lipinski definition) is 4. The second kappa shape index (κ2) is 14.0. The first-order valence-electron chi connectivity index (χ1n) is 17.1. The number of carbonyl (C=O) groups is 1. The third kappa shape index (κ3) is 6.07. The summed E-state index contributed by atoms with van der Waals surface area (Å²) in [5.41, 5.74) is -0.310. The van der Waals surface area contributed by atoms with Crippen LogP contribution in [0, 0.1) is 28.6 Å². The zero-order valence-electron chi connectivity index (χ0n) is 28.5. The van der Waals surface area contributed by atoms with Crippen molar-refractivity contribution in [1.29, 1.82) is 5.26 Å². The number of H-pyrrole nitrogens is 1. The largest absolute Gasteiger partial charge is 0.475 e. The number of alkyl halides is 1. The summed E-state index contributed by atoms with van der Waals surface area (Å²) in [7, 11) is -4.69. The summed E-state index contributed by atoms with van der Waals surface area (Å²) in [5, 5.41) is 33.6. The van der Waals surface area contributed by atoms with E-state index in [2.05, 4.69) is 35.2 Å². The van der Waals surface area contributed by atoms with Crippen LogP contribution in [0.5, 0.6) is 0 Å². The molecule has 5 heterocycles. The minimum absolute atomic E-state index is 0.0107. The molecule has 19 nitrogen and oxygen atoms in total. The van der Waals surface area contributed by atoms with E-state index in [-0.39, 0.29) is 60.4 Å². The van der Waals surface area contributed by atoms with Crippen molar-refractivity contribution in [1.82, 2.24) is 39.0 Å². The number of aromatic nitrogens is 8. The molecule has 1 unspecified atom stereocenters. The predicted molar refractivity (Wildman–Crippen MR) is 183 cm³/mol. The van der Waals surface area contributed by atoms with Crippen LogP contribution in [0.3, 0.4) is 0 Å². The molecule has 21 heteroatoms. The molecular formula is C33H34FN10O9P. The van der Waals surface area contributed by atoms with Crippen molar-refractivity contribution in [2.45, 2.75) is 56.5 Å². The van der Waals surface area contributed by atoms with E-state index in [1.807, 2.05) is 17.6 Å². The van der Waals surface area contributed by atoms with E-state index in [4.69, 9.17) is 23.6 Å². The molecule has 2 aliphatic carbocycles. The number of carbonyl (C=O) groups excluding carboxylic acids is 1. The molecule has 10 atom stereocenters. The topological polar surface area (TPSA) is 255 Å². The van der Waals surface area contributed by atoms with Gasteiger partial charge in [0.1, 0.15) is 18.5 Å². The maximum atomic E-state index is 16.2. The smallest absolute Gasteiger partial charge is 0.394 e. The number of aromatic amines is 1. The van der Waals surface area contributed by atoms with Gasteiger partial charge in [0.2, 0.25) is 0 Å². The van der Waals surface area contributed by atoms with Crippen molar-refractivity contribution in [2.24, 2.45) is 17.3 Å². The lowest BCUT2D eigenvalue weighted by atomic mass is 9.94. The monoisotopic (exact) mass is 764 g/mol. The fourth-order valence-electron chi connectivity index (χ4n) is 7.75. The Balaban J connectivity index is 1.01. The lowest BCUT2D eigenvalue weighted by Gasteiger charge is -2.28. The molecule has 3 aliphatic rings. The van der Waals surface area contributed by atoms with Gasteiger partial charge in [0.25, 0.3) is 11.5 Å². The summed E-state index contributed by atoms with van der Waals surface area (Å²) in [4.78, 5) is 48.6. The standard InChI is InChI=1S/C33H34FN10O9P/c1-17-24(43-15-40-22-27(36-13-37-28(22)43)42-30(47)18-6-3-2-4-7-18)19-10-33(19,26(17)46)12-51-54(49,50-9-5-8-35)53-25-20(11-45)52-32(21(25)34)44-16-41-23-29(44)38-14-39-31(23)48/h2-4,6-7,13-17,19-21,24-26,32,45-46H,5,9-12H2,1H3,(H,38,39,48)(H,36,37,42,47)/t17-,19+,20+,21+,24-,25+,26-,32+,33+,54?/m0/s1. The molecule has 282 valence electrons. The minimum atomic E-state index is -4.69. The van der Waals surface area contributed by atoms with Gasteiger partial charge in [0, 0.05) is 22.9 Å². The Labute approximate surface area is 304 Å². The number of amides is 1. The Morgan fingerprint density at radius 3 is 2.69 bits per heavy atom. The second-order valence-corrected chi connectivity index (χ2v) is 15.1. The molecular weight excluding hydrogens is 730 g/mol. The lowest BCUT2D eigenvalue weighted by Crippen LogP contribution is -2.34. The molecule has 5 aromatic rings. The van der Waals surface area contributed by atoms with Gasteiger partial charge >= 0.3 is 7.82 Å². The molecule has 2 saturated carbocycles. The molecule has 0 spiro atoms. The number of hydrogen-bond acceptors (Lipinski definition) is 15. The van der Waals surface area contributed by atoms with Crippen LogP contribution in [-0.4, -0.2) is 99.5 Å². The zero-order valence-corrected chi connectivity index (χ0v) is 29.4. The van der Waals surface area contributed by atoms with Crippen molar-refractivity contribution in [2.75, 3.05) is 25.1 Å². The maximum Gasteiger partial charge on any atom is 0.475 e. The summed E-state index contributed by atoms with van der Waals surface area (Å²) in [6, 6.07) is 10.2. The number of anilines is 1. The quantitative estimate of drug-likeness (QED) is 0.0992.